The van der Waals surface area contributed by atoms with E-state index in [0.29, 0.717) is 12.2 Å². The number of aromatic nitrogens is 5. The molecule has 0 aliphatic heterocycles. The summed E-state index contributed by atoms with van der Waals surface area (Å²) in [6.07, 6.45) is 8.26. The highest BCUT2D eigenvalue weighted by Gasteiger charge is 2.26. The smallest absolute Gasteiger partial charge is 0.272 e. The van der Waals surface area contributed by atoms with Gasteiger partial charge in [0.05, 0.1) is 5.69 Å². The predicted octanol–water partition coefficient (Wildman–Crippen LogP) is 3.18. The molecule has 30 heavy (non-hydrogen) atoms. The van der Waals surface area contributed by atoms with E-state index in [9.17, 15) is 4.79 Å². The van der Waals surface area contributed by atoms with Gasteiger partial charge < -0.3 is 5.32 Å². The van der Waals surface area contributed by atoms with Crippen molar-refractivity contribution in [3.63, 3.8) is 0 Å². The molecule has 1 amide bonds. The van der Waals surface area contributed by atoms with Crippen LogP contribution in [-0.4, -0.2) is 30.2 Å². The van der Waals surface area contributed by atoms with Crippen molar-refractivity contribution < 1.29 is 4.79 Å². The number of hydrogen-bond donors (Lipinski definition) is 1. The van der Waals surface area contributed by atoms with Gasteiger partial charge in [-0.1, -0.05) is 18.2 Å². The van der Waals surface area contributed by atoms with Crippen molar-refractivity contribution in [3.8, 4) is 11.5 Å². The van der Waals surface area contributed by atoms with Gasteiger partial charge in [-0.15, -0.1) is 0 Å². The Morgan fingerprint density at radius 3 is 2.77 bits per heavy atom. The number of rotatable bonds is 5. The maximum Gasteiger partial charge on any atom is 0.272 e. The molecule has 7 nitrogen and oxygen atoms in total. The summed E-state index contributed by atoms with van der Waals surface area (Å²) in [5.74, 6) is 1.51. The summed E-state index contributed by atoms with van der Waals surface area (Å²) in [5.41, 5.74) is 4.71. The van der Waals surface area contributed by atoms with Gasteiger partial charge in [0.25, 0.3) is 5.91 Å². The first-order valence-corrected chi connectivity index (χ1v) is 10.1. The van der Waals surface area contributed by atoms with Gasteiger partial charge in [-0.25, -0.2) is 14.6 Å². The molecule has 1 aromatic carbocycles. The zero-order valence-corrected chi connectivity index (χ0v) is 16.7. The number of para-hydroxylation sites is 1. The molecule has 3 aromatic heterocycles. The van der Waals surface area contributed by atoms with Crippen molar-refractivity contribution in [2.24, 2.45) is 0 Å². The van der Waals surface area contributed by atoms with Crippen LogP contribution in [0.1, 0.15) is 39.6 Å². The van der Waals surface area contributed by atoms with E-state index in [0.717, 1.165) is 53.4 Å². The molecule has 150 valence electrons. The molecule has 7 heteroatoms. The molecular formula is C23H22N6O. The average Bonchev–Trinajstić information content (AvgIpc) is 3.49. The molecular weight excluding hydrogens is 376 g/mol. The third-order valence-corrected chi connectivity index (χ3v) is 5.48. The summed E-state index contributed by atoms with van der Waals surface area (Å²) < 4.78 is 3.84. The van der Waals surface area contributed by atoms with E-state index < -0.39 is 0 Å². The SMILES string of the molecule is Cc1nccn1-c1cc(CNC(=O)c2nn(-c3ccccc3)c3c2CCC3)ccn1. The van der Waals surface area contributed by atoms with Crippen LogP contribution in [0.4, 0.5) is 0 Å². The van der Waals surface area contributed by atoms with E-state index in [1.807, 2.05) is 64.8 Å². The lowest BCUT2D eigenvalue weighted by molar-refractivity contribution is 0.0944. The number of hydrogen-bond acceptors (Lipinski definition) is 4. The molecule has 0 spiro atoms. The van der Waals surface area contributed by atoms with Gasteiger partial charge in [0.15, 0.2) is 5.69 Å². The van der Waals surface area contributed by atoms with Crippen LogP contribution >= 0.6 is 0 Å². The minimum Gasteiger partial charge on any atom is -0.347 e. The Bertz CT molecular complexity index is 1210. The highest BCUT2D eigenvalue weighted by Crippen LogP contribution is 2.27. The van der Waals surface area contributed by atoms with Crippen LogP contribution in [0.3, 0.4) is 0 Å². The van der Waals surface area contributed by atoms with Crippen molar-refractivity contribution in [2.75, 3.05) is 0 Å². The summed E-state index contributed by atoms with van der Waals surface area (Å²) in [7, 11) is 0. The second kappa shape index (κ2) is 7.59. The van der Waals surface area contributed by atoms with Crippen LogP contribution in [0, 0.1) is 6.92 Å². The normalized spacial score (nSPS) is 12.7. The molecule has 1 aliphatic carbocycles. The fourth-order valence-electron chi connectivity index (χ4n) is 3.99. The first-order valence-electron chi connectivity index (χ1n) is 10.1. The van der Waals surface area contributed by atoms with Gasteiger partial charge in [-0.05, 0) is 56.0 Å². The number of benzene rings is 1. The third kappa shape index (κ3) is 3.28. The van der Waals surface area contributed by atoms with Gasteiger partial charge in [0.2, 0.25) is 0 Å². The molecule has 1 aliphatic rings. The zero-order valence-electron chi connectivity index (χ0n) is 16.7. The zero-order chi connectivity index (χ0) is 20.5. The number of fused-ring (bicyclic) bond motifs is 1. The Morgan fingerprint density at radius 2 is 1.97 bits per heavy atom. The number of pyridine rings is 1. The van der Waals surface area contributed by atoms with Crippen molar-refractivity contribution in [3.05, 3.63) is 89.4 Å². The number of nitrogens with zero attached hydrogens (tertiary/aromatic N) is 5. The summed E-state index contributed by atoms with van der Waals surface area (Å²) in [5, 5.41) is 7.69. The fraction of sp³-hybridized carbons (Fsp3) is 0.217. The topological polar surface area (TPSA) is 77.6 Å². The van der Waals surface area contributed by atoms with Gasteiger partial charge in [-0.2, -0.15) is 5.10 Å². The Morgan fingerprint density at radius 1 is 1.10 bits per heavy atom. The van der Waals surface area contributed by atoms with E-state index in [1.54, 1.807) is 12.4 Å². The van der Waals surface area contributed by atoms with Crippen molar-refractivity contribution in [1.82, 2.24) is 29.6 Å². The lowest BCUT2D eigenvalue weighted by atomic mass is 10.2. The number of amides is 1. The Balaban J connectivity index is 1.37. The van der Waals surface area contributed by atoms with Crippen molar-refractivity contribution >= 4 is 5.91 Å². The standard InChI is InChI=1S/C23H22N6O/c1-16-24-12-13-28(16)21-14-17(10-11-25-21)15-26-23(30)22-19-8-5-9-20(19)29(27-22)18-6-3-2-4-7-18/h2-4,6-7,10-14H,5,8-9,15H2,1H3,(H,26,30). The predicted molar refractivity (Wildman–Crippen MR) is 113 cm³/mol. The largest absolute Gasteiger partial charge is 0.347 e. The van der Waals surface area contributed by atoms with E-state index in [1.165, 1.54) is 0 Å². The summed E-state index contributed by atoms with van der Waals surface area (Å²) in [4.78, 5) is 21.6. The number of carbonyl (C=O) groups is 1. The average molecular weight is 398 g/mol. The molecule has 0 bridgehead atoms. The van der Waals surface area contributed by atoms with Crippen LogP contribution in [0.2, 0.25) is 0 Å². The summed E-state index contributed by atoms with van der Waals surface area (Å²) in [6.45, 7) is 2.34. The third-order valence-electron chi connectivity index (χ3n) is 5.48. The van der Waals surface area contributed by atoms with Gasteiger partial charge in [-0.3, -0.25) is 9.36 Å². The molecule has 0 radical (unpaired) electrons. The number of carbonyl (C=O) groups excluding carboxylic acids is 1. The Kier molecular flexibility index (Phi) is 4.63. The van der Waals surface area contributed by atoms with E-state index in [2.05, 4.69) is 20.4 Å². The van der Waals surface area contributed by atoms with Gasteiger partial charge in [0.1, 0.15) is 11.6 Å². The summed E-state index contributed by atoms with van der Waals surface area (Å²) >= 11 is 0. The first-order chi connectivity index (χ1) is 14.7. The molecule has 0 fully saturated rings. The maximum atomic E-state index is 13.0. The van der Waals surface area contributed by atoms with Crippen molar-refractivity contribution in [2.45, 2.75) is 32.7 Å². The molecule has 1 N–H and O–H groups in total. The van der Waals surface area contributed by atoms with E-state index >= 15 is 0 Å². The quantitative estimate of drug-likeness (QED) is 0.560. The lowest BCUT2D eigenvalue weighted by Gasteiger charge is -2.08. The second-order valence-electron chi connectivity index (χ2n) is 7.42. The van der Waals surface area contributed by atoms with E-state index in [-0.39, 0.29) is 5.91 Å². The van der Waals surface area contributed by atoms with Crippen LogP contribution < -0.4 is 5.32 Å². The van der Waals surface area contributed by atoms with Gasteiger partial charge >= 0.3 is 0 Å². The fourth-order valence-corrected chi connectivity index (χ4v) is 3.99. The number of aryl methyl sites for hydroxylation is 1. The van der Waals surface area contributed by atoms with Crippen molar-refractivity contribution in [1.29, 1.82) is 0 Å². The minimum atomic E-state index is -0.139. The van der Waals surface area contributed by atoms with Crippen LogP contribution in [0.25, 0.3) is 11.5 Å². The Labute approximate surface area is 174 Å². The molecule has 5 rings (SSSR count). The van der Waals surface area contributed by atoms with Crippen LogP contribution in [0.5, 0.6) is 0 Å². The molecule has 0 unspecified atom stereocenters. The first kappa shape index (κ1) is 18.3. The molecule has 4 aromatic rings. The number of imidazole rings is 1. The lowest BCUT2D eigenvalue weighted by Crippen LogP contribution is -2.24. The highest BCUT2D eigenvalue weighted by molar-refractivity contribution is 5.94. The monoisotopic (exact) mass is 398 g/mol. The maximum absolute atomic E-state index is 13.0. The second-order valence-corrected chi connectivity index (χ2v) is 7.42. The van der Waals surface area contributed by atoms with Crippen LogP contribution in [0.15, 0.2) is 61.1 Å². The molecule has 0 saturated heterocycles. The summed E-state index contributed by atoms with van der Waals surface area (Å²) in [6, 6.07) is 13.9. The molecule has 0 saturated carbocycles. The molecule has 3 heterocycles. The highest BCUT2D eigenvalue weighted by atomic mass is 16.1. The van der Waals surface area contributed by atoms with Gasteiger partial charge in [0, 0.05) is 36.4 Å². The van der Waals surface area contributed by atoms with E-state index in [4.69, 9.17) is 0 Å². The Hall–Kier alpha value is -3.74. The molecule has 0 atom stereocenters. The minimum absolute atomic E-state index is 0.139. The van der Waals surface area contributed by atoms with Crippen LogP contribution in [-0.2, 0) is 19.4 Å². The number of nitrogens with one attached hydrogen (secondary N) is 1.